The van der Waals surface area contributed by atoms with Gasteiger partial charge in [-0.3, -0.25) is 14.4 Å². The lowest BCUT2D eigenvalue weighted by Gasteiger charge is -2.25. The average Bonchev–Trinajstić information content (AvgIpc) is 3.73. The van der Waals surface area contributed by atoms with Crippen molar-refractivity contribution in [2.45, 2.75) is 12.1 Å². The van der Waals surface area contributed by atoms with Crippen molar-refractivity contribution in [2.24, 2.45) is 4.99 Å². The second kappa shape index (κ2) is 11.2. The van der Waals surface area contributed by atoms with Crippen LogP contribution in [0.5, 0.6) is 23.0 Å². The number of rotatable bonds is 4. The van der Waals surface area contributed by atoms with Gasteiger partial charge in [0, 0.05) is 48.5 Å². The number of hydrogen-bond acceptors (Lipinski definition) is 9. The number of esters is 2. The number of benzene rings is 11. The molecule has 304 valence electrons. The van der Waals surface area contributed by atoms with Crippen LogP contribution in [-0.2, 0) is 4.74 Å². The third-order valence-electron chi connectivity index (χ3n) is 14.7. The van der Waals surface area contributed by atoms with Gasteiger partial charge in [0.2, 0.25) is 0 Å². The first-order valence-electron chi connectivity index (χ1n) is 21.1. The summed E-state index contributed by atoms with van der Waals surface area (Å²) in [4.78, 5) is 46.3. The summed E-state index contributed by atoms with van der Waals surface area (Å²) in [5.74, 6) is 0.890. The zero-order chi connectivity index (χ0) is 42.8. The number of fused-ring (bicyclic) bond motifs is 10. The second-order valence-electron chi connectivity index (χ2n) is 17.2. The molecule has 10 nitrogen and oxygen atoms in total. The highest BCUT2D eigenvalue weighted by Gasteiger charge is 2.35. The van der Waals surface area contributed by atoms with Crippen molar-refractivity contribution >= 4 is 130 Å². The van der Waals surface area contributed by atoms with Crippen LogP contribution < -0.4 is 30.0 Å². The van der Waals surface area contributed by atoms with Gasteiger partial charge in [-0.1, -0.05) is 72.8 Å². The van der Waals surface area contributed by atoms with E-state index >= 15 is 0 Å². The molecule has 0 spiro atoms. The molecule has 1 aromatic heterocycles. The SMILES string of the molecule is COc1cc2c3c(cc(OC)c4c5ccc6c7ccc8c9c(OC)cc%10c%11n(c(=O)c%12cc(OC)c(c%13ccc(c%14ccc(c1c34)c5c%146)c7c%138)c9c%12%10)C1C=CC=CC1N=%11)C(=O)OC2=O. The van der Waals surface area contributed by atoms with Crippen LogP contribution in [0.25, 0.3) is 118 Å². The van der Waals surface area contributed by atoms with Gasteiger partial charge in [0.15, 0.2) is 0 Å². The van der Waals surface area contributed by atoms with Crippen LogP contribution in [0.15, 0.2) is 107 Å². The monoisotopic (exact) mass is 834 g/mol. The summed E-state index contributed by atoms with van der Waals surface area (Å²) in [6.07, 6.45) is 8.06. The molecule has 1 aliphatic carbocycles. The number of carbonyl (C=O) groups is 2. The number of carbonyl (C=O) groups excluding carboxylic acids is 2. The Morgan fingerprint density at radius 2 is 0.828 bits per heavy atom. The molecule has 0 radical (unpaired) electrons. The van der Waals surface area contributed by atoms with Crippen LogP contribution in [-0.4, -0.2) is 51.0 Å². The molecule has 10 heteroatoms. The molecule has 0 saturated heterocycles. The number of hydrogen-bond donors (Lipinski definition) is 0. The molecule has 11 aromatic carbocycles. The van der Waals surface area contributed by atoms with Crippen LogP contribution in [0.2, 0.25) is 0 Å². The van der Waals surface area contributed by atoms with Crippen molar-refractivity contribution in [2.75, 3.05) is 28.4 Å². The van der Waals surface area contributed by atoms with Crippen LogP contribution in [0.3, 0.4) is 0 Å². The van der Waals surface area contributed by atoms with E-state index in [1.807, 2.05) is 28.9 Å². The number of aromatic nitrogens is 1. The van der Waals surface area contributed by atoms with Gasteiger partial charge in [0.1, 0.15) is 28.5 Å². The Morgan fingerprint density at radius 1 is 0.438 bits per heavy atom. The zero-order valence-corrected chi connectivity index (χ0v) is 34.6. The maximum atomic E-state index is 14.7. The lowest BCUT2D eigenvalue weighted by molar-refractivity contribution is 0.0390. The molecule has 0 amide bonds. The van der Waals surface area contributed by atoms with E-state index in [4.69, 9.17) is 28.7 Å². The molecule has 12 aromatic rings. The first-order valence-corrected chi connectivity index (χ1v) is 21.1. The number of pyridine rings is 1. The maximum absolute atomic E-state index is 14.7. The van der Waals surface area contributed by atoms with Gasteiger partial charge in [0.05, 0.1) is 57.0 Å². The second-order valence-corrected chi connectivity index (χ2v) is 17.2. The smallest absolute Gasteiger partial charge is 0.346 e. The van der Waals surface area contributed by atoms with Crippen LogP contribution >= 0.6 is 0 Å². The molecule has 15 rings (SSSR count). The van der Waals surface area contributed by atoms with Crippen molar-refractivity contribution in [3.05, 3.63) is 124 Å². The lowest BCUT2D eigenvalue weighted by atomic mass is 9.80. The molecular weight excluding hydrogens is 805 g/mol. The summed E-state index contributed by atoms with van der Waals surface area (Å²) in [7, 11) is 6.55. The highest BCUT2D eigenvalue weighted by molar-refractivity contribution is 6.48. The Hall–Kier alpha value is -8.24. The topological polar surface area (TPSA) is 115 Å². The number of methoxy groups -OCH3 is 4. The predicted molar refractivity (Wildman–Crippen MR) is 251 cm³/mol. The predicted octanol–water partition coefficient (Wildman–Crippen LogP) is 10.6. The average molecular weight is 835 g/mol. The molecule has 2 aliphatic heterocycles. The number of cyclic esters (lactones) is 2. The van der Waals surface area contributed by atoms with E-state index in [1.54, 1.807) is 40.6 Å². The minimum atomic E-state index is -0.708. The molecule has 2 unspecified atom stereocenters. The lowest BCUT2D eigenvalue weighted by Crippen LogP contribution is -2.34. The van der Waals surface area contributed by atoms with Crippen molar-refractivity contribution in [3.63, 3.8) is 0 Å². The summed E-state index contributed by atoms with van der Waals surface area (Å²) in [6, 6.07) is 24.4. The summed E-state index contributed by atoms with van der Waals surface area (Å²) in [5.41, 5.74) is 1.12. The largest absolute Gasteiger partial charge is 0.496 e. The summed E-state index contributed by atoms with van der Waals surface area (Å²) >= 11 is 0. The molecule has 3 heterocycles. The fourth-order valence-electron chi connectivity index (χ4n) is 12.3. The number of ether oxygens (including phenoxy) is 5. The summed E-state index contributed by atoms with van der Waals surface area (Å²) in [5, 5.41) is 20.4. The van der Waals surface area contributed by atoms with E-state index < -0.39 is 11.9 Å². The highest BCUT2D eigenvalue weighted by Crippen LogP contribution is 2.56. The van der Waals surface area contributed by atoms with E-state index in [2.05, 4.69) is 60.7 Å². The Balaban J connectivity index is 1.13. The van der Waals surface area contributed by atoms with Crippen molar-refractivity contribution in [1.29, 1.82) is 0 Å². The third-order valence-corrected chi connectivity index (χ3v) is 14.7. The molecule has 3 aliphatic rings. The fraction of sp³-hybridized carbons (Fsp3) is 0.111. The zero-order valence-electron chi connectivity index (χ0n) is 34.6. The number of nitrogens with zero attached hydrogens (tertiary/aromatic N) is 2. The van der Waals surface area contributed by atoms with Crippen molar-refractivity contribution in [3.8, 4) is 23.0 Å². The third kappa shape index (κ3) is 3.64. The van der Waals surface area contributed by atoms with Crippen LogP contribution in [0.1, 0.15) is 26.8 Å². The van der Waals surface area contributed by atoms with E-state index in [0.717, 1.165) is 108 Å². The summed E-state index contributed by atoms with van der Waals surface area (Å²) in [6.45, 7) is 0. The van der Waals surface area contributed by atoms with E-state index in [1.165, 1.54) is 0 Å². The van der Waals surface area contributed by atoms with Crippen molar-refractivity contribution in [1.82, 2.24) is 4.57 Å². The standard InChI is InChI=1S/C54H30N2O8/c1-60-35-17-29-43-30(52(57)56-34-8-6-5-7-33(34)55-51(29)56)18-36(61-2)46-26-14-10-22-24-12-16-28-42-27(15-11-23(40(24)42)21-9-13-25(41(26)39(21)22)45(35)49(43)46)47-37(62-3)19-31-44-32(54(59)64-53(31)58)20-38(63-4)48(28)50(44)47/h5-20,33-34H,1-4H3. The molecular formula is C54H30N2O8. The number of allylic oxidation sites excluding steroid dienone is 2. The quantitative estimate of drug-likeness (QED) is 0.0745. The Kier molecular flexibility index (Phi) is 6.02. The molecule has 0 fully saturated rings. The first kappa shape index (κ1) is 34.4. The van der Waals surface area contributed by atoms with E-state index in [-0.39, 0.29) is 28.8 Å². The van der Waals surface area contributed by atoms with Gasteiger partial charge in [0.25, 0.3) is 5.56 Å². The molecule has 0 N–H and O–H groups in total. The van der Waals surface area contributed by atoms with E-state index in [9.17, 15) is 14.4 Å². The van der Waals surface area contributed by atoms with Gasteiger partial charge in [-0.15, -0.1) is 0 Å². The van der Waals surface area contributed by atoms with Gasteiger partial charge in [-0.2, -0.15) is 0 Å². The minimum absolute atomic E-state index is 0.0958. The summed E-state index contributed by atoms with van der Waals surface area (Å²) < 4.78 is 31.7. The molecule has 2 atom stereocenters. The van der Waals surface area contributed by atoms with E-state index in [0.29, 0.717) is 39.3 Å². The Bertz CT molecular complexity index is 4290. The van der Waals surface area contributed by atoms with Gasteiger partial charge in [-0.05, 0) is 88.9 Å². The van der Waals surface area contributed by atoms with Crippen LogP contribution in [0, 0.1) is 0 Å². The Morgan fingerprint density at radius 3 is 1.31 bits per heavy atom. The van der Waals surface area contributed by atoms with Crippen molar-refractivity contribution < 1.29 is 33.3 Å². The molecule has 64 heavy (non-hydrogen) atoms. The normalized spacial score (nSPS) is 17.0. The molecule has 0 bridgehead atoms. The van der Waals surface area contributed by atoms with Gasteiger partial charge in [-0.25, -0.2) is 9.59 Å². The minimum Gasteiger partial charge on any atom is -0.496 e. The fourth-order valence-corrected chi connectivity index (χ4v) is 12.3. The van der Waals surface area contributed by atoms with Gasteiger partial charge < -0.3 is 23.7 Å². The first-order chi connectivity index (χ1) is 31.3. The van der Waals surface area contributed by atoms with Gasteiger partial charge >= 0.3 is 11.9 Å². The molecule has 0 saturated carbocycles. The highest BCUT2D eigenvalue weighted by atomic mass is 16.6. The maximum Gasteiger partial charge on any atom is 0.346 e. The van der Waals surface area contributed by atoms with Crippen LogP contribution in [0.4, 0.5) is 0 Å². The Labute approximate surface area is 359 Å².